The molecule has 0 radical (unpaired) electrons. The summed E-state index contributed by atoms with van der Waals surface area (Å²) >= 11 is 0. The molecule has 1 N–H and O–H groups in total. The van der Waals surface area contributed by atoms with Gasteiger partial charge in [0.2, 0.25) is 5.91 Å². The van der Waals surface area contributed by atoms with Crippen molar-refractivity contribution in [3.63, 3.8) is 0 Å². The van der Waals surface area contributed by atoms with Crippen LogP contribution in [0.3, 0.4) is 0 Å². The van der Waals surface area contributed by atoms with E-state index >= 15 is 0 Å². The fourth-order valence-electron chi connectivity index (χ4n) is 3.07. The average Bonchev–Trinajstić information content (AvgIpc) is 2.62. The molecule has 0 bridgehead atoms. The lowest BCUT2D eigenvalue weighted by Gasteiger charge is -2.41. The molecule has 3 rings (SSSR count). The van der Waals surface area contributed by atoms with Gasteiger partial charge in [-0.2, -0.15) is 0 Å². The third kappa shape index (κ3) is 3.71. The molecular weight excluding hydrogens is 302 g/mol. The number of aryl methyl sites for hydroxylation is 1. The summed E-state index contributed by atoms with van der Waals surface area (Å²) in [7, 11) is 1.69. The van der Waals surface area contributed by atoms with E-state index in [1.165, 1.54) is 5.56 Å². The van der Waals surface area contributed by atoms with Gasteiger partial charge in [0.1, 0.15) is 17.7 Å². The maximum atomic E-state index is 12.4. The number of aromatic nitrogens is 2. The highest BCUT2D eigenvalue weighted by Crippen LogP contribution is 2.19. The Morgan fingerprint density at radius 1 is 1.25 bits per heavy atom. The van der Waals surface area contributed by atoms with Crippen LogP contribution in [0.25, 0.3) is 0 Å². The number of piperazine rings is 1. The van der Waals surface area contributed by atoms with Crippen molar-refractivity contribution in [1.82, 2.24) is 20.2 Å². The van der Waals surface area contributed by atoms with Crippen LogP contribution in [0.2, 0.25) is 0 Å². The number of rotatable bonds is 4. The zero-order valence-corrected chi connectivity index (χ0v) is 14.1. The summed E-state index contributed by atoms with van der Waals surface area (Å²) in [5.74, 6) is 1.67. The van der Waals surface area contributed by atoms with Crippen LogP contribution in [-0.4, -0.2) is 53.5 Å². The van der Waals surface area contributed by atoms with E-state index in [0.29, 0.717) is 6.54 Å². The topological polar surface area (TPSA) is 61.4 Å². The zero-order valence-electron chi connectivity index (χ0n) is 14.1. The number of nitrogens with zero attached hydrogens (tertiary/aromatic N) is 4. The first kappa shape index (κ1) is 16.4. The Hall–Kier alpha value is -2.47. The molecule has 0 aliphatic carbocycles. The monoisotopic (exact) mass is 325 g/mol. The van der Waals surface area contributed by atoms with Crippen molar-refractivity contribution in [2.24, 2.45) is 0 Å². The van der Waals surface area contributed by atoms with Gasteiger partial charge in [-0.1, -0.05) is 30.3 Å². The van der Waals surface area contributed by atoms with Crippen LogP contribution in [0.5, 0.6) is 0 Å². The second-order valence-corrected chi connectivity index (χ2v) is 5.99. The molecule has 0 spiro atoms. The highest BCUT2D eigenvalue weighted by atomic mass is 16.2. The van der Waals surface area contributed by atoms with Gasteiger partial charge in [-0.3, -0.25) is 9.69 Å². The Morgan fingerprint density at radius 3 is 2.75 bits per heavy atom. The Balaban J connectivity index is 1.77. The molecule has 1 aliphatic heterocycles. The van der Waals surface area contributed by atoms with Crippen LogP contribution in [0.15, 0.2) is 42.6 Å². The predicted molar refractivity (Wildman–Crippen MR) is 93.7 cm³/mol. The van der Waals surface area contributed by atoms with E-state index in [1.54, 1.807) is 13.2 Å². The smallest absolute Gasteiger partial charge is 0.238 e. The lowest BCUT2D eigenvalue weighted by atomic mass is 10.1. The minimum absolute atomic E-state index is 0.0430. The van der Waals surface area contributed by atoms with E-state index in [4.69, 9.17) is 0 Å². The number of carbonyl (C=O) groups is 1. The van der Waals surface area contributed by atoms with Crippen molar-refractivity contribution < 1.29 is 4.79 Å². The van der Waals surface area contributed by atoms with Crippen LogP contribution in [-0.2, 0) is 11.3 Å². The van der Waals surface area contributed by atoms with Gasteiger partial charge in [-0.15, -0.1) is 0 Å². The molecule has 1 fully saturated rings. The van der Waals surface area contributed by atoms with E-state index in [1.807, 2.05) is 31.2 Å². The molecule has 24 heavy (non-hydrogen) atoms. The van der Waals surface area contributed by atoms with Crippen LogP contribution in [0.4, 0.5) is 5.82 Å². The van der Waals surface area contributed by atoms with Gasteiger partial charge in [0.05, 0.1) is 0 Å². The van der Waals surface area contributed by atoms with E-state index < -0.39 is 0 Å². The van der Waals surface area contributed by atoms with Crippen LogP contribution in [0, 0.1) is 6.92 Å². The summed E-state index contributed by atoms with van der Waals surface area (Å²) in [5, 5.41) is 2.79. The van der Waals surface area contributed by atoms with E-state index in [2.05, 4.69) is 37.2 Å². The molecule has 1 aliphatic rings. The largest absolute Gasteiger partial charge is 0.358 e. The molecule has 1 aromatic heterocycles. The van der Waals surface area contributed by atoms with Gasteiger partial charge in [0, 0.05) is 39.4 Å². The summed E-state index contributed by atoms with van der Waals surface area (Å²) in [5.41, 5.74) is 1.22. The molecule has 2 aromatic rings. The van der Waals surface area contributed by atoms with Crippen molar-refractivity contribution in [2.45, 2.75) is 19.5 Å². The number of hydrogen-bond acceptors (Lipinski definition) is 5. The van der Waals surface area contributed by atoms with E-state index in [-0.39, 0.29) is 11.9 Å². The van der Waals surface area contributed by atoms with Crippen molar-refractivity contribution in [3.05, 3.63) is 54.0 Å². The Morgan fingerprint density at radius 2 is 2.04 bits per heavy atom. The third-order valence-corrected chi connectivity index (χ3v) is 4.35. The predicted octanol–water partition coefficient (Wildman–Crippen LogP) is 1.22. The number of nitrogens with one attached hydrogen (secondary N) is 1. The maximum Gasteiger partial charge on any atom is 0.238 e. The van der Waals surface area contributed by atoms with Crippen LogP contribution < -0.4 is 10.2 Å². The molecule has 126 valence electrons. The summed E-state index contributed by atoms with van der Waals surface area (Å²) in [6.07, 6.45) is 1.77. The number of hydrogen-bond donors (Lipinski definition) is 1. The minimum atomic E-state index is -0.195. The second kappa shape index (κ2) is 7.40. The fourth-order valence-corrected chi connectivity index (χ4v) is 3.07. The van der Waals surface area contributed by atoms with Crippen molar-refractivity contribution in [1.29, 1.82) is 0 Å². The molecular formula is C18H23N5O. The number of anilines is 1. The highest BCUT2D eigenvalue weighted by molar-refractivity contribution is 5.82. The lowest BCUT2D eigenvalue weighted by Crippen LogP contribution is -2.58. The molecule has 1 aromatic carbocycles. The molecule has 1 amide bonds. The molecule has 1 unspecified atom stereocenters. The molecule has 1 saturated heterocycles. The minimum Gasteiger partial charge on any atom is -0.358 e. The maximum absolute atomic E-state index is 12.4. The van der Waals surface area contributed by atoms with Crippen LogP contribution >= 0.6 is 0 Å². The van der Waals surface area contributed by atoms with Crippen LogP contribution in [0.1, 0.15) is 11.4 Å². The second-order valence-electron chi connectivity index (χ2n) is 5.99. The summed E-state index contributed by atoms with van der Waals surface area (Å²) in [6, 6.07) is 12.0. The van der Waals surface area contributed by atoms with Gasteiger partial charge in [0.25, 0.3) is 0 Å². The van der Waals surface area contributed by atoms with Crippen molar-refractivity contribution in [2.75, 3.05) is 31.6 Å². The van der Waals surface area contributed by atoms with Gasteiger partial charge < -0.3 is 10.2 Å². The first-order valence-corrected chi connectivity index (χ1v) is 8.21. The van der Waals surface area contributed by atoms with E-state index in [9.17, 15) is 4.79 Å². The Bertz CT molecular complexity index is 691. The van der Waals surface area contributed by atoms with Gasteiger partial charge in [0.15, 0.2) is 0 Å². The first-order chi connectivity index (χ1) is 11.7. The van der Waals surface area contributed by atoms with Gasteiger partial charge in [-0.05, 0) is 18.6 Å². The number of likely N-dealkylation sites (N-methyl/N-ethyl adjacent to an activating group) is 1. The van der Waals surface area contributed by atoms with Crippen molar-refractivity contribution in [3.8, 4) is 0 Å². The third-order valence-electron chi connectivity index (χ3n) is 4.35. The number of benzene rings is 1. The summed E-state index contributed by atoms with van der Waals surface area (Å²) in [6.45, 7) is 4.94. The quantitative estimate of drug-likeness (QED) is 0.916. The number of carbonyl (C=O) groups excluding carboxylic acids is 1. The molecule has 6 nitrogen and oxygen atoms in total. The standard InChI is InChI=1S/C18H23N5O/c1-14-20-9-8-17(21-14)23-11-10-22(16(13-23)18(24)19-2)12-15-6-4-3-5-7-15/h3-9,16H,10-13H2,1-2H3,(H,19,24). The van der Waals surface area contributed by atoms with Crippen molar-refractivity contribution >= 4 is 11.7 Å². The first-order valence-electron chi connectivity index (χ1n) is 8.21. The lowest BCUT2D eigenvalue weighted by molar-refractivity contribution is -0.126. The SMILES string of the molecule is CNC(=O)C1CN(c2ccnc(C)n2)CCN1Cc1ccccc1. The summed E-state index contributed by atoms with van der Waals surface area (Å²) in [4.78, 5) is 25.4. The summed E-state index contributed by atoms with van der Waals surface area (Å²) < 4.78 is 0. The molecule has 1 atom stereocenters. The molecule has 2 heterocycles. The Kier molecular flexibility index (Phi) is 5.05. The fraction of sp³-hybridized carbons (Fsp3) is 0.389. The van der Waals surface area contributed by atoms with Gasteiger partial charge >= 0.3 is 0 Å². The normalized spacial score (nSPS) is 18.4. The molecule has 6 heteroatoms. The average molecular weight is 325 g/mol. The Labute approximate surface area is 142 Å². The molecule has 0 saturated carbocycles. The highest BCUT2D eigenvalue weighted by Gasteiger charge is 2.32. The van der Waals surface area contributed by atoms with E-state index in [0.717, 1.165) is 31.3 Å². The number of amides is 1. The van der Waals surface area contributed by atoms with Gasteiger partial charge in [-0.25, -0.2) is 9.97 Å². The zero-order chi connectivity index (χ0) is 16.9.